The SMILES string of the molecule is CCO[C@H]1C[C@@]2(CC(C)O)CCC[C@H]2O1. The molecule has 1 saturated carbocycles. The van der Waals surface area contributed by atoms with E-state index >= 15 is 0 Å². The topological polar surface area (TPSA) is 38.7 Å². The van der Waals surface area contributed by atoms with Crippen LogP contribution in [-0.4, -0.2) is 30.2 Å². The van der Waals surface area contributed by atoms with E-state index < -0.39 is 0 Å². The molecule has 0 radical (unpaired) electrons. The summed E-state index contributed by atoms with van der Waals surface area (Å²) in [5, 5.41) is 9.57. The summed E-state index contributed by atoms with van der Waals surface area (Å²) in [5.41, 5.74) is 0.202. The van der Waals surface area contributed by atoms with Crippen LogP contribution in [0, 0.1) is 5.41 Å². The average molecular weight is 214 g/mol. The van der Waals surface area contributed by atoms with E-state index in [1.54, 1.807) is 0 Å². The predicted octanol–water partition coefficient (Wildman–Crippen LogP) is 2.08. The number of ether oxygens (including phenoxy) is 2. The van der Waals surface area contributed by atoms with Crippen molar-refractivity contribution in [1.82, 2.24) is 0 Å². The highest BCUT2D eigenvalue weighted by molar-refractivity contribution is 4.98. The van der Waals surface area contributed by atoms with Crippen molar-refractivity contribution in [3.8, 4) is 0 Å². The van der Waals surface area contributed by atoms with Crippen LogP contribution < -0.4 is 0 Å². The van der Waals surface area contributed by atoms with E-state index in [2.05, 4.69) is 0 Å². The Morgan fingerprint density at radius 2 is 2.40 bits per heavy atom. The Bertz CT molecular complexity index is 217. The van der Waals surface area contributed by atoms with Crippen molar-refractivity contribution in [1.29, 1.82) is 0 Å². The van der Waals surface area contributed by atoms with E-state index in [-0.39, 0.29) is 17.8 Å². The van der Waals surface area contributed by atoms with E-state index in [4.69, 9.17) is 9.47 Å². The van der Waals surface area contributed by atoms with Crippen molar-refractivity contribution in [2.45, 2.75) is 64.4 Å². The lowest BCUT2D eigenvalue weighted by molar-refractivity contribution is -0.131. The normalized spacial score (nSPS) is 41.8. The lowest BCUT2D eigenvalue weighted by atomic mass is 9.78. The van der Waals surface area contributed by atoms with Gasteiger partial charge < -0.3 is 14.6 Å². The molecule has 2 aliphatic rings. The van der Waals surface area contributed by atoms with Crippen LogP contribution in [-0.2, 0) is 9.47 Å². The largest absolute Gasteiger partial charge is 0.393 e. The van der Waals surface area contributed by atoms with E-state index in [1.165, 1.54) is 12.8 Å². The maximum Gasteiger partial charge on any atom is 0.158 e. The average Bonchev–Trinajstić information content (AvgIpc) is 2.59. The van der Waals surface area contributed by atoms with Gasteiger partial charge in [-0.25, -0.2) is 0 Å². The highest BCUT2D eigenvalue weighted by Crippen LogP contribution is 2.52. The molecular weight excluding hydrogens is 192 g/mol. The molecule has 2 fully saturated rings. The van der Waals surface area contributed by atoms with Gasteiger partial charge in [0.25, 0.3) is 0 Å². The van der Waals surface area contributed by atoms with Gasteiger partial charge in [-0.1, -0.05) is 6.42 Å². The number of hydrogen-bond donors (Lipinski definition) is 1. The molecule has 0 bridgehead atoms. The first kappa shape index (κ1) is 11.4. The molecular formula is C12H22O3. The van der Waals surface area contributed by atoms with Crippen molar-refractivity contribution in [3.05, 3.63) is 0 Å². The minimum absolute atomic E-state index is 0.0287. The molecule has 0 aromatic heterocycles. The molecule has 1 N–H and O–H groups in total. The number of rotatable bonds is 4. The van der Waals surface area contributed by atoms with Crippen molar-refractivity contribution in [2.75, 3.05) is 6.61 Å². The second kappa shape index (κ2) is 4.40. The Labute approximate surface area is 91.8 Å². The summed E-state index contributed by atoms with van der Waals surface area (Å²) in [7, 11) is 0. The molecule has 0 aromatic rings. The first-order valence-electron chi connectivity index (χ1n) is 6.11. The van der Waals surface area contributed by atoms with Crippen LogP contribution in [0.1, 0.15) is 46.0 Å². The summed E-state index contributed by atoms with van der Waals surface area (Å²) in [5.74, 6) is 0. The van der Waals surface area contributed by atoms with Crippen LogP contribution in [0.15, 0.2) is 0 Å². The molecule has 3 heteroatoms. The molecule has 88 valence electrons. The Hall–Kier alpha value is -0.120. The van der Waals surface area contributed by atoms with Crippen molar-refractivity contribution in [2.24, 2.45) is 5.41 Å². The summed E-state index contributed by atoms with van der Waals surface area (Å²) < 4.78 is 11.4. The maximum absolute atomic E-state index is 9.57. The first-order chi connectivity index (χ1) is 7.16. The fraction of sp³-hybridized carbons (Fsp3) is 1.00. The summed E-state index contributed by atoms with van der Waals surface area (Å²) in [6, 6.07) is 0. The van der Waals surface area contributed by atoms with Gasteiger partial charge in [0.15, 0.2) is 6.29 Å². The Kier molecular flexibility index (Phi) is 3.33. The molecule has 0 spiro atoms. The van der Waals surface area contributed by atoms with Crippen LogP contribution in [0.4, 0.5) is 0 Å². The number of fused-ring (bicyclic) bond motifs is 1. The second-order valence-electron chi connectivity index (χ2n) is 5.02. The molecule has 1 aliphatic carbocycles. The Morgan fingerprint density at radius 1 is 1.60 bits per heavy atom. The number of aliphatic hydroxyl groups is 1. The van der Waals surface area contributed by atoms with Gasteiger partial charge in [-0.05, 0) is 33.1 Å². The number of hydrogen-bond acceptors (Lipinski definition) is 3. The minimum atomic E-state index is -0.227. The van der Waals surface area contributed by atoms with E-state index in [0.717, 1.165) is 19.3 Å². The van der Waals surface area contributed by atoms with Gasteiger partial charge in [0, 0.05) is 18.4 Å². The first-order valence-corrected chi connectivity index (χ1v) is 6.11. The summed E-state index contributed by atoms with van der Waals surface area (Å²) in [6.07, 6.45) is 5.45. The van der Waals surface area contributed by atoms with E-state index in [0.29, 0.717) is 12.7 Å². The fourth-order valence-corrected chi connectivity index (χ4v) is 3.31. The van der Waals surface area contributed by atoms with Crippen LogP contribution >= 0.6 is 0 Å². The van der Waals surface area contributed by atoms with E-state index in [1.807, 2.05) is 13.8 Å². The molecule has 2 rings (SSSR count). The monoisotopic (exact) mass is 214 g/mol. The molecule has 1 saturated heterocycles. The van der Waals surface area contributed by atoms with Crippen LogP contribution in [0.5, 0.6) is 0 Å². The lowest BCUT2D eigenvalue weighted by Crippen LogP contribution is -2.29. The smallest absolute Gasteiger partial charge is 0.158 e. The zero-order valence-corrected chi connectivity index (χ0v) is 9.74. The summed E-state index contributed by atoms with van der Waals surface area (Å²) >= 11 is 0. The molecule has 1 aliphatic heterocycles. The van der Waals surface area contributed by atoms with Crippen molar-refractivity contribution in [3.63, 3.8) is 0 Å². The molecule has 1 unspecified atom stereocenters. The molecule has 4 atom stereocenters. The molecule has 0 amide bonds. The third-order valence-electron chi connectivity index (χ3n) is 3.77. The minimum Gasteiger partial charge on any atom is -0.393 e. The fourth-order valence-electron chi connectivity index (χ4n) is 3.31. The van der Waals surface area contributed by atoms with Gasteiger partial charge >= 0.3 is 0 Å². The zero-order chi connectivity index (χ0) is 10.9. The standard InChI is InChI=1S/C12H22O3/c1-3-14-11-8-12(7-9(2)13)6-4-5-10(12)15-11/h9-11,13H,3-8H2,1-2H3/t9?,10-,11-,12+/m1/s1. The molecule has 0 aromatic carbocycles. The Balaban J connectivity index is 2.01. The highest BCUT2D eigenvalue weighted by atomic mass is 16.7. The van der Waals surface area contributed by atoms with Crippen LogP contribution in [0.25, 0.3) is 0 Å². The quantitative estimate of drug-likeness (QED) is 0.778. The van der Waals surface area contributed by atoms with Crippen LogP contribution in [0.2, 0.25) is 0 Å². The second-order valence-corrected chi connectivity index (χ2v) is 5.02. The van der Waals surface area contributed by atoms with Gasteiger partial charge in [-0.3, -0.25) is 0 Å². The zero-order valence-electron chi connectivity index (χ0n) is 9.74. The summed E-state index contributed by atoms with van der Waals surface area (Å²) in [6.45, 7) is 4.58. The van der Waals surface area contributed by atoms with Gasteiger partial charge in [-0.15, -0.1) is 0 Å². The third-order valence-corrected chi connectivity index (χ3v) is 3.77. The number of aliphatic hydroxyl groups excluding tert-OH is 1. The van der Waals surface area contributed by atoms with Gasteiger partial charge in [0.1, 0.15) is 0 Å². The third kappa shape index (κ3) is 2.19. The molecule has 1 heterocycles. The molecule has 3 nitrogen and oxygen atoms in total. The lowest BCUT2D eigenvalue weighted by Gasteiger charge is -2.28. The Morgan fingerprint density at radius 3 is 3.07 bits per heavy atom. The van der Waals surface area contributed by atoms with Gasteiger partial charge in [-0.2, -0.15) is 0 Å². The van der Waals surface area contributed by atoms with Crippen LogP contribution in [0.3, 0.4) is 0 Å². The predicted molar refractivity (Wildman–Crippen MR) is 57.5 cm³/mol. The van der Waals surface area contributed by atoms with E-state index in [9.17, 15) is 5.11 Å². The van der Waals surface area contributed by atoms with Gasteiger partial charge in [0.05, 0.1) is 12.2 Å². The maximum atomic E-state index is 9.57. The van der Waals surface area contributed by atoms with Gasteiger partial charge in [0.2, 0.25) is 0 Å². The highest BCUT2D eigenvalue weighted by Gasteiger charge is 2.51. The molecule has 15 heavy (non-hydrogen) atoms. The van der Waals surface area contributed by atoms with Crippen molar-refractivity contribution >= 4 is 0 Å². The van der Waals surface area contributed by atoms with Crippen molar-refractivity contribution < 1.29 is 14.6 Å². The summed E-state index contributed by atoms with van der Waals surface area (Å²) in [4.78, 5) is 0.